The van der Waals surface area contributed by atoms with E-state index in [1.54, 1.807) is 0 Å². The number of benzene rings is 5. The van der Waals surface area contributed by atoms with Gasteiger partial charge in [0.1, 0.15) is 0 Å². The summed E-state index contributed by atoms with van der Waals surface area (Å²) in [7, 11) is 0. The van der Waals surface area contributed by atoms with Crippen LogP contribution < -0.4 is 4.90 Å². The van der Waals surface area contributed by atoms with Crippen LogP contribution in [0, 0.1) is 0 Å². The first-order chi connectivity index (χ1) is 18.8. The van der Waals surface area contributed by atoms with E-state index >= 15 is 0 Å². The van der Waals surface area contributed by atoms with Crippen molar-refractivity contribution in [2.45, 2.75) is 45.1 Å². The van der Waals surface area contributed by atoms with Crippen LogP contribution in [0.3, 0.4) is 0 Å². The summed E-state index contributed by atoms with van der Waals surface area (Å²) >= 11 is 0. The first-order valence-electron chi connectivity index (χ1n) is 13.8. The Morgan fingerprint density at radius 1 is 0.487 bits per heavy atom. The van der Waals surface area contributed by atoms with E-state index in [9.17, 15) is 5.11 Å². The summed E-state index contributed by atoms with van der Waals surface area (Å²) in [5, 5.41) is 9.96. The third kappa shape index (κ3) is 3.45. The standard InChI is InChI=1S/C37H33NO/c1-36(2)32-14-7-5-12-28(32)30-18-16-26(21-34(30)36)38(25-11-9-10-24(20-25)23-39)27-17-19-31-29-13-6-8-15-33(29)37(3,4)35(31)22-27/h5-22,39H,23H2,1-4H3. The molecule has 2 aliphatic carbocycles. The lowest BCUT2D eigenvalue weighted by Crippen LogP contribution is -2.18. The van der Waals surface area contributed by atoms with Crippen LogP contribution in [0.25, 0.3) is 22.3 Å². The monoisotopic (exact) mass is 507 g/mol. The van der Waals surface area contributed by atoms with Crippen LogP contribution in [-0.2, 0) is 17.4 Å². The molecule has 0 aliphatic heterocycles. The molecule has 0 heterocycles. The number of anilines is 3. The molecule has 0 spiro atoms. The summed E-state index contributed by atoms with van der Waals surface area (Å²) in [6.45, 7) is 9.32. The van der Waals surface area contributed by atoms with Crippen LogP contribution in [0.4, 0.5) is 17.1 Å². The second-order valence-corrected chi connectivity index (χ2v) is 12.0. The maximum Gasteiger partial charge on any atom is 0.0682 e. The van der Waals surface area contributed by atoms with Gasteiger partial charge in [-0.1, -0.05) is 100 Å². The van der Waals surface area contributed by atoms with E-state index in [0.717, 1.165) is 22.6 Å². The summed E-state index contributed by atoms with van der Waals surface area (Å²) in [5.74, 6) is 0. The molecule has 0 fully saturated rings. The van der Waals surface area contributed by atoms with E-state index in [1.807, 2.05) is 12.1 Å². The Labute approximate surface area is 231 Å². The highest BCUT2D eigenvalue weighted by Gasteiger charge is 2.37. The smallest absolute Gasteiger partial charge is 0.0682 e. The van der Waals surface area contributed by atoms with Crippen LogP contribution in [-0.4, -0.2) is 5.11 Å². The van der Waals surface area contributed by atoms with Gasteiger partial charge in [-0.05, 0) is 86.5 Å². The predicted octanol–water partition coefficient (Wildman–Crippen LogP) is 9.26. The molecule has 1 N–H and O–H groups in total. The van der Waals surface area contributed by atoms with Gasteiger partial charge in [-0.25, -0.2) is 0 Å². The molecule has 2 heteroatoms. The highest BCUT2D eigenvalue weighted by Crippen LogP contribution is 2.52. The number of fused-ring (bicyclic) bond motifs is 6. The van der Waals surface area contributed by atoms with Gasteiger partial charge in [0.15, 0.2) is 0 Å². The third-order valence-corrected chi connectivity index (χ3v) is 9.00. The quantitative estimate of drug-likeness (QED) is 0.262. The maximum atomic E-state index is 9.96. The number of nitrogens with zero attached hydrogens (tertiary/aromatic N) is 1. The molecule has 5 aromatic carbocycles. The molecule has 0 amide bonds. The van der Waals surface area contributed by atoms with Crippen LogP contribution in [0.1, 0.15) is 55.5 Å². The maximum absolute atomic E-state index is 9.96. The summed E-state index contributed by atoms with van der Waals surface area (Å²) in [6.07, 6.45) is 0. The third-order valence-electron chi connectivity index (χ3n) is 9.00. The fourth-order valence-electron chi connectivity index (χ4n) is 6.90. The Morgan fingerprint density at radius 2 is 0.949 bits per heavy atom. The van der Waals surface area contributed by atoms with Crippen LogP contribution >= 0.6 is 0 Å². The fraction of sp³-hybridized carbons (Fsp3) is 0.189. The summed E-state index contributed by atoms with van der Waals surface area (Å²) in [5.41, 5.74) is 14.8. The lowest BCUT2D eigenvalue weighted by molar-refractivity contribution is 0.282. The summed E-state index contributed by atoms with van der Waals surface area (Å²) in [4.78, 5) is 2.35. The van der Waals surface area contributed by atoms with Crippen LogP contribution in [0.5, 0.6) is 0 Å². The van der Waals surface area contributed by atoms with Crippen molar-refractivity contribution in [3.8, 4) is 22.3 Å². The first-order valence-corrected chi connectivity index (χ1v) is 13.8. The summed E-state index contributed by atoms with van der Waals surface area (Å²) < 4.78 is 0. The molecule has 0 unspecified atom stereocenters. The largest absolute Gasteiger partial charge is 0.392 e. The average molecular weight is 508 g/mol. The Bertz CT molecular complexity index is 1650. The Hall–Kier alpha value is -4.14. The number of rotatable bonds is 4. The molecule has 0 aromatic heterocycles. The Morgan fingerprint density at radius 3 is 1.46 bits per heavy atom. The summed E-state index contributed by atoms with van der Waals surface area (Å²) in [6, 6.07) is 39.6. The van der Waals surface area contributed by atoms with Gasteiger partial charge in [-0.3, -0.25) is 0 Å². The molecule has 0 saturated carbocycles. The van der Waals surface area contributed by atoms with Crippen LogP contribution in [0.15, 0.2) is 109 Å². The zero-order valence-corrected chi connectivity index (χ0v) is 23.0. The number of aliphatic hydroxyl groups excluding tert-OH is 1. The predicted molar refractivity (Wildman–Crippen MR) is 162 cm³/mol. The topological polar surface area (TPSA) is 23.5 Å². The molecule has 0 atom stereocenters. The number of hydrogen-bond donors (Lipinski definition) is 1. The molecule has 39 heavy (non-hydrogen) atoms. The van der Waals surface area contributed by atoms with Gasteiger partial charge < -0.3 is 10.0 Å². The van der Waals surface area contributed by atoms with Crippen molar-refractivity contribution in [1.29, 1.82) is 0 Å². The van der Waals surface area contributed by atoms with Crippen molar-refractivity contribution < 1.29 is 5.11 Å². The minimum absolute atomic E-state index is 0.0146. The van der Waals surface area contributed by atoms with Gasteiger partial charge in [-0.2, -0.15) is 0 Å². The van der Waals surface area contributed by atoms with Gasteiger partial charge in [0, 0.05) is 27.9 Å². The molecule has 2 aliphatic rings. The van der Waals surface area contributed by atoms with Gasteiger partial charge in [0.25, 0.3) is 0 Å². The van der Waals surface area contributed by atoms with Gasteiger partial charge in [0.2, 0.25) is 0 Å². The van der Waals surface area contributed by atoms with Crippen LogP contribution in [0.2, 0.25) is 0 Å². The van der Waals surface area contributed by atoms with Gasteiger partial charge >= 0.3 is 0 Å². The van der Waals surface area contributed by atoms with Crippen molar-refractivity contribution in [3.63, 3.8) is 0 Å². The lowest BCUT2D eigenvalue weighted by atomic mass is 9.82. The molecule has 0 bridgehead atoms. The first kappa shape index (κ1) is 23.9. The van der Waals surface area contributed by atoms with Gasteiger partial charge in [0.05, 0.1) is 6.61 Å². The highest BCUT2D eigenvalue weighted by molar-refractivity contribution is 5.88. The number of aliphatic hydroxyl groups is 1. The van der Waals surface area contributed by atoms with E-state index in [4.69, 9.17) is 0 Å². The fourth-order valence-corrected chi connectivity index (χ4v) is 6.90. The van der Waals surface area contributed by atoms with Crippen molar-refractivity contribution in [2.75, 3.05) is 4.90 Å². The Balaban J connectivity index is 1.43. The van der Waals surface area contributed by atoms with Crippen molar-refractivity contribution in [2.24, 2.45) is 0 Å². The highest BCUT2D eigenvalue weighted by atomic mass is 16.3. The molecule has 0 saturated heterocycles. The van der Waals surface area contributed by atoms with Crippen molar-refractivity contribution in [3.05, 3.63) is 137 Å². The minimum Gasteiger partial charge on any atom is -0.392 e. The molecular formula is C37H33NO. The molecule has 7 rings (SSSR count). The van der Waals surface area contributed by atoms with E-state index in [0.29, 0.717) is 0 Å². The van der Waals surface area contributed by atoms with Crippen molar-refractivity contribution in [1.82, 2.24) is 0 Å². The Kier molecular flexibility index (Phi) is 5.17. The number of hydrogen-bond acceptors (Lipinski definition) is 2. The van der Waals surface area contributed by atoms with E-state index in [2.05, 4.69) is 130 Å². The van der Waals surface area contributed by atoms with Crippen molar-refractivity contribution >= 4 is 17.1 Å². The van der Waals surface area contributed by atoms with E-state index in [-0.39, 0.29) is 17.4 Å². The molecular weight excluding hydrogens is 474 g/mol. The molecule has 5 aromatic rings. The molecule has 2 nitrogen and oxygen atoms in total. The minimum atomic E-state index is -0.0812. The normalized spacial score (nSPS) is 15.3. The second kappa shape index (κ2) is 8.43. The molecule has 0 radical (unpaired) electrons. The lowest BCUT2D eigenvalue weighted by Gasteiger charge is -2.30. The van der Waals surface area contributed by atoms with E-state index in [1.165, 1.54) is 44.5 Å². The zero-order chi connectivity index (χ0) is 26.9. The SMILES string of the molecule is CC1(C)c2ccccc2-c2ccc(N(c3cccc(CO)c3)c3ccc4c(c3)C(C)(C)c3ccccc3-4)cc21. The van der Waals surface area contributed by atoms with Gasteiger partial charge in [-0.15, -0.1) is 0 Å². The second-order valence-electron chi connectivity index (χ2n) is 12.0. The van der Waals surface area contributed by atoms with E-state index < -0.39 is 0 Å². The average Bonchev–Trinajstić information content (AvgIpc) is 3.33. The zero-order valence-electron chi connectivity index (χ0n) is 23.0. The molecule has 192 valence electrons.